The number of hydrogen-bond acceptors (Lipinski definition) is 10. The first-order valence-electron chi connectivity index (χ1n) is 22.2. The summed E-state index contributed by atoms with van der Waals surface area (Å²) in [6.45, 7) is 12.0. The van der Waals surface area contributed by atoms with Crippen LogP contribution in [0.1, 0.15) is 169 Å². The van der Waals surface area contributed by atoms with E-state index in [1.807, 2.05) is 0 Å². The molecule has 0 spiro atoms. The zero-order chi connectivity index (χ0) is 39.0. The van der Waals surface area contributed by atoms with E-state index in [1.54, 1.807) is 0 Å². The van der Waals surface area contributed by atoms with E-state index >= 15 is 0 Å². The minimum absolute atomic E-state index is 0.00701. The quantitative estimate of drug-likeness (QED) is 0.0398. The van der Waals surface area contributed by atoms with Crippen LogP contribution in [0.4, 0.5) is 4.79 Å². The molecule has 4 aliphatic rings. The van der Waals surface area contributed by atoms with Crippen LogP contribution in [0.5, 0.6) is 0 Å². The minimum atomic E-state index is -0.774. The molecular formula is C44H77NO9. The normalized spacial score (nSPS) is 22.7. The molecule has 0 aromatic rings. The van der Waals surface area contributed by atoms with E-state index in [0.29, 0.717) is 44.6 Å². The highest BCUT2D eigenvalue weighted by molar-refractivity contribution is 5.71. The molecule has 10 nitrogen and oxygen atoms in total. The standard InChI is InChI=1S/C44H77NO9/c1-5-9-11-13-18-35(17-10-6-2)31-51-40(46)19-14-12-15-20-41(47)52-32-39(34-54-43(49)50-24-16-23-45(7-3)8-4)33-53-42(48)30-44-22-21-36-25-37(28-44)27-38(26-36)29-44/h35-39H,5-34H2,1-4H3. The Balaban J connectivity index is 1.37. The number of hydrogen-bond donors (Lipinski definition) is 0. The van der Waals surface area contributed by atoms with Crippen molar-refractivity contribution in [3.8, 4) is 0 Å². The van der Waals surface area contributed by atoms with Gasteiger partial charge in [0.1, 0.15) is 19.8 Å². The summed E-state index contributed by atoms with van der Waals surface area (Å²) >= 11 is 0. The minimum Gasteiger partial charge on any atom is -0.465 e. The smallest absolute Gasteiger partial charge is 0.465 e. The molecule has 54 heavy (non-hydrogen) atoms. The highest BCUT2D eigenvalue weighted by atomic mass is 16.7. The molecule has 312 valence electrons. The van der Waals surface area contributed by atoms with Crippen molar-refractivity contribution in [2.45, 2.75) is 169 Å². The highest BCUT2D eigenvalue weighted by Crippen LogP contribution is 2.58. The molecule has 0 N–H and O–H groups in total. The van der Waals surface area contributed by atoms with Gasteiger partial charge in [-0.05, 0) is 119 Å². The monoisotopic (exact) mass is 764 g/mol. The predicted octanol–water partition coefficient (Wildman–Crippen LogP) is 9.84. The van der Waals surface area contributed by atoms with Crippen molar-refractivity contribution in [3.63, 3.8) is 0 Å². The Morgan fingerprint density at radius 2 is 1.15 bits per heavy atom. The second-order valence-electron chi connectivity index (χ2n) is 17.1. The molecule has 4 saturated carbocycles. The Hall–Kier alpha value is -2.36. The number of carbonyl (C=O) groups is 4. The Morgan fingerprint density at radius 3 is 1.78 bits per heavy atom. The van der Waals surface area contributed by atoms with E-state index in [1.165, 1.54) is 51.4 Å². The molecule has 0 amide bonds. The number of unbranched alkanes of at least 4 members (excludes halogenated alkanes) is 6. The zero-order valence-corrected chi connectivity index (χ0v) is 34.7. The highest BCUT2D eigenvalue weighted by Gasteiger charge is 2.48. The summed E-state index contributed by atoms with van der Waals surface area (Å²) in [7, 11) is 0. The third-order valence-corrected chi connectivity index (χ3v) is 12.3. The average Bonchev–Trinajstić information content (AvgIpc) is 3.35. The van der Waals surface area contributed by atoms with Crippen molar-refractivity contribution >= 4 is 24.1 Å². The third-order valence-electron chi connectivity index (χ3n) is 12.3. The van der Waals surface area contributed by atoms with Crippen LogP contribution in [-0.4, -0.2) is 81.6 Å². The van der Waals surface area contributed by atoms with Gasteiger partial charge in [-0.1, -0.05) is 72.6 Å². The number of fused-ring (bicyclic) bond motifs is 1. The Labute approximate surface area is 327 Å². The molecule has 4 bridgehead atoms. The number of ether oxygens (including phenoxy) is 5. The maximum Gasteiger partial charge on any atom is 0.508 e. The lowest BCUT2D eigenvalue weighted by molar-refractivity contribution is -0.152. The van der Waals surface area contributed by atoms with Gasteiger partial charge in [-0.15, -0.1) is 0 Å². The van der Waals surface area contributed by atoms with Crippen molar-refractivity contribution in [1.82, 2.24) is 4.90 Å². The number of rotatable bonds is 30. The van der Waals surface area contributed by atoms with Crippen molar-refractivity contribution in [3.05, 3.63) is 0 Å². The number of carbonyl (C=O) groups excluding carboxylic acids is 4. The molecule has 4 fully saturated rings. The van der Waals surface area contributed by atoms with Crippen LogP contribution in [-0.2, 0) is 38.1 Å². The maximum atomic E-state index is 13.2. The van der Waals surface area contributed by atoms with Gasteiger partial charge in [0, 0.05) is 19.4 Å². The van der Waals surface area contributed by atoms with Gasteiger partial charge >= 0.3 is 24.1 Å². The van der Waals surface area contributed by atoms with Crippen LogP contribution in [0, 0.1) is 35.0 Å². The van der Waals surface area contributed by atoms with Gasteiger partial charge in [0.15, 0.2) is 0 Å². The maximum absolute atomic E-state index is 13.2. The fourth-order valence-corrected chi connectivity index (χ4v) is 9.40. The Morgan fingerprint density at radius 1 is 0.593 bits per heavy atom. The first-order chi connectivity index (χ1) is 26.2. The largest absolute Gasteiger partial charge is 0.508 e. The van der Waals surface area contributed by atoms with Crippen LogP contribution >= 0.6 is 0 Å². The van der Waals surface area contributed by atoms with Crippen LogP contribution in [0.25, 0.3) is 0 Å². The molecule has 0 saturated heterocycles. The van der Waals surface area contributed by atoms with Gasteiger partial charge in [0.05, 0.1) is 25.6 Å². The summed E-state index contributed by atoms with van der Waals surface area (Å²) < 4.78 is 27.7. The van der Waals surface area contributed by atoms with Crippen LogP contribution in [0.15, 0.2) is 0 Å². The van der Waals surface area contributed by atoms with Crippen LogP contribution in [0.2, 0.25) is 0 Å². The fourth-order valence-electron chi connectivity index (χ4n) is 9.40. The van der Waals surface area contributed by atoms with Crippen molar-refractivity contribution in [2.75, 3.05) is 52.7 Å². The number of esters is 3. The van der Waals surface area contributed by atoms with Gasteiger partial charge in [-0.3, -0.25) is 14.4 Å². The van der Waals surface area contributed by atoms with E-state index in [0.717, 1.165) is 88.8 Å². The van der Waals surface area contributed by atoms with Crippen LogP contribution < -0.4 is 0 Å². The molecule has 4 rings (SSSR count). The van der Waals surface area contributed by atoms with E-state index < -0.39 is 12.1 Å². The summed E-state index contributed by atoms with van der Waals surface area (Å²) in [6, 6.07) is 0. The molecule has 4 aliphatic carbocycles. The lowest BCUT2D eigenvalue weighted by Crippen LogP contribution is -2.36. The molecule has 0 aromatic heterocycles. The van der Waals surface area contributed by atoms with Crippen molar-refractivity contribution < 1.29 is 42.9 Å². The molecular weight excluding hydrogens is 686 g/mol. The summed E-state index contributed by atoms with van der Waals surface area (Å²) in [4.78, 5) is 53.0. The lowest BCUT2D eigenvalue weighted by Gasteiger charge is -2.45. The third kappa shape index (κ3) is 18.5. The van der Waals surface area contributed by atoms with Gasteiger partial charge < -0.3 is 28.6 Å². The van der Waals surface area contributed by atoms with Crippen LogP contribution in [0.3, 0.4) is 0 Å². The first kappa shape index (κ1) is 46.0. The summed E-state index contributed by atoms with van der Waals surface area (Å²) in [6.07, 6.45) is 20.9. The van der Waals surface area contributed by atoms with Gasteiger partial charge in [-0.2, -0.15) is 0 Å². The molecule has 0 radical (unpaired) electrons. The van der Waals surface area contributed by atoms with E-state index in [2.05, 4.69) is 32.6 Å². The first-order valence-corrected chi connectivity index (χ1v) is 22.2. The van der Waals surface area contributed by atoms with Crippen molar-refractivity contribution in [2.24, 2.45) is 35.0 Å². The Bertz CT molecular complexity index is 1060. The van der Waals surface area contributed by atoms with Gasteiger partial charge in [0.25, 0.3) is 0 Å². The summed E-state index contributed by atoms with van der Waals surface area (Å²) in [5.41, 5.74) is 0.0466. The summed E-state index contributed by atoms with van der Waals surface area (Å²) in [5, 5.41) is 0. The van der Waals surface area contributed by atoms with Gasteiger partial charge in [0.2, 0.25) is 0 Å². The topological polar surface area (TPSA) is 118 Å². The second-order valence-corrected chi connectivity index (χ2v) is 17.1. The molecule has 10 heteroatoms. The fraction of sp³-hybridized carbons (Fsp3) is 0.909. The number of nitrogens with zero attached hydrogens (tertiary/aromatic N) is 1. The van der Waals surface area contributed by atoms with Crippen molar-refractivity contribution in [1.29, 1.82) is 0 Å². The average molecular weight is 764 g/mol. The molecule has 0 aliphatic heterocycles. The molecule has 0 aromatic carbocycles. The molecule has 4 unspecified atom stereocenters. The predicted molar refractivity (Wildman–Crippen MR) is 211 cm³/mol. The Kier molecular flexibility index (Phi) is 22.6. The zero-order valence-electron chi connectivity index (χ0n) is 34.7. The lowest BCUT2D eigenvalue weighted by atomic mass is 9.60. The SMILES string of the molecule is CCCCCCC(CCCC)COC(=O)CCCCCC(=O)OCC(COC(=O)CC12CCC3CC(CC(C3)C1)C2)COC(=O)OCCCN(CC)CC. The second kappa shape index (κ2) is 26.5. The van der Waals surface area contributed by atoms with E-state index in [-0.39, 0.29) is 56.2 Å². The van der Waals surface area contributed by atoms with E-state index in [4.69, 9.17) is 23.7 Å². The summed E-state index contributed by atoms with van der Waals surface area (Å²) in [5.74, 6) is 1.51. The molecule has 4 atom stereocenters. The van der Waals surface area contributed by atoms with Gasteiger partial charge in [-0.25, -0.2) is 4.79 Å². The van der Waals surface area contributed by atoms with E-state index in [9.17, 15) is 19.2 Å². The molecule has 0 heterocycles.